The van der Waals surface area contributed by atoms with Gasteiger partial charge in [0.25, 0.3) is 0 Å². The highest BCUT2D eigenvalue weighted by Crippen LogP contribution is 2.64. The van der Waals surface area contributed by atoms with Crippen LogP contribution in [-0.2, 0) is 4.79 Å². The second kappa shape index (κ2) is 5.69. The number of halogens is 2. The van der Waals surface area contributed by atoms with Crippen molar-refractivity contribution in [3.63, 3.8) is 0 Å². The van der Waals surface area contributed by atoms with Gasteiger partial charge in [-0.25, -0.2) is 0 Å². The average molecular weight is 330 g/mol. The lowest BCUT2D eigenvalue weighted by atomic mass is 9.95. The molecule has 0 aliphatic heterocycles. The Balaban J connectivity index is 2.14. The summed E-state index contributed by atoms with van der Waals surface area (Å²) in [5, 5.41) is 3.08. The standard InChI is InChI=1S/C16H21Cl2NO2/c1-10(2)13(11-5-7-12(21-4)8-6-11)19-14(20)15(3)9-16(15,17)18/h5-8,10,13H,9H2,1-4H3,(H,19,20)/t13-,15+/m0/s1. The Morgan fingerprint density at radius 2 is 1.81 bits per heavy atom. The summed E-state index contributed by atoms with van der Waals surface area (Å²) in [5.74, 6) is 0.953. The molecule has 0 radical (unpaired) electrons. The van der Waals surface area contributed by atoms with E-state index in [-0.39, 0.29) is 17.9 Å². The second-order valence-corrected chi connectivity index (χ2v) is 7.67. The van der Waals surface area contributed by atoms with Crippen LogP contribution in [0.25, 0.3) is 0 Å². The van der Waals surface area contributed by atoms with Crippen molar-refractivity contribution in [1.29, 1.82) is 0 Å². The van der Waals surface area contributed by atoms with Gasteiger partial charge in [0, 0.05) is 0 Å². The van der Waals surface area contributed by atoms with Crippen molar-refractivity contribution in [3.05, 3.63) is 29.8 Å². The summed E-state index contributed by atoms with van der Waals surface area (Å²) in [6.45, 7) is 5.94. The van der Waals surface area contributed by atoms with Gasteiger partial charge in [-0.1, -0.05) is 26.0 Å². The highest BCUT2D eigenvalue weighted by atomic mass is 35.5. The summed E-state index contributed by atoms with van der Waals surface area (Å²) in [7, 11) is 1.63. The predicted octanol–water partition coefficient (Wildman–Crippen LogP) is 4.09. The van der Waals surface area contributed by atoms with Crippen molar-refractivity contribution in [2.24, 2.45) is 11.3 Å². The van der Waals surface area contributed by atoms with Crippen LogP contribution >= 0.6 is 23.2 Å². The zero-order chi connectivity index (χ0) is 15.8. The Labute approximate surface area is 136 Å². The smallest absolute Gasteiger partial charge is 0.229 e. The minimum Gasteiger partial charge on any atom is -0.497 e. The molecule has 1 saturated carbocycles. The Bertz CT molecular complexity index is 528. The molecular formula is C16H21Cl2NO2. The third-order valence-corrected chi connectivity index (χ3v) is 5.29. The van der Waals surface area contributed by atoms with Crippen molar-refractivity contribution in [1.82, 2.24) is 5.32 Å². The quantitative estimate of drug-likeness (QED) is 0.826. The fourth-order valence-electron chi connectivity index (χ4n) is 2.39. The lowest BCUT2D eigenvalue weighted by molar-refractivity contribution is -0.126. The highest BCUT2D eigenvalue weighted by molar-refractivity contribution is 6.53. The lowest BCUT2D eigenvalue weighted by Crippen LogP contribution is -2.38. The van der Waals surface area contributed by atoms with Crippen molar-refractivity contribution in [3.8, 4) is 5.75 Å². The number of benzene rings is 1. The van der Waals surface area contributed by atoms with Gasteiger partial charge in [-0.3, -0.25) is 4.79 Å². The van der Waals surface area contributed by atoms with Crippen LogP contribution in [0.4, 0.5) is 0 Å². The summed E-state index contributed by atoms with van der Waals surface area (Å²) in [5.41, 5.74) is 0.341. The number of rotatable bonds is 5. The molecule has 0 heterocycles. The van der Waals surface area contributed by atoms with Crippen LogP contribution in [-0.4, -0.2) is 17.4 Å². The summed E-state index contributed by atoms with van der Waals surface area (Å²) in [6.07, 6.45) is 0.488. The van der Waals surface area contributed by atoms with Gasteiger partial charge in [0.2, 0.25) is 5.91 Å². The van der Waals surface area contributed by atoms with Crippen LogP contribution in [0.5, 0.6) is 5.75 Å². The molecule has 116 valence electrons. The molecule has 0 bridgehead atoms. The summed E-state index contributed by atoms with van der Waals surface area (Å²) in [6, 6.07) is 7.64. The number of methoxy groups -OCH3 is 1. The molecule has 1 aliphatic rings. The van der Waals surface area contributed by atoms with Gasteiger partial charge in [0.05, 0.1) is 18.6 Å². The van der Waals surface area contributed by atoms with Gasteiger partial charge in [-0.05, 0) is 37.0 Å². The van der Waals surface area contributed by atoms with E-state index < -0.39 is 9.75 Å². The van der Waals surface area contributed by atoms with E-state index in [0.29, 0.717) is 6.42 Å². The molecule has 0 spiro atoms. The van der Waals surface area contributed by atoms with Crippen LogP contribution in [0.15, 0.2) is 24.3 Å². The van der Waals surface area contributed by atoms with Crippen LogP contribution in [0.3, 0.4) is 0 Å². The molecule has 3 nitrogen and oxygen atoms in total. The first-order chi connectivity index (χ1) is 9.71. The van der Waals surface area contributed by atoms with E-state index in [1.165, 1.54) is 0 Å². The van der Waals surface area contributed by atoms with Crippen LogP contribution < -0.4 is 10.1 Å². The maximum Gasteiger partial charge on any atom is 0.229 e. The molecule has 1 aliphatic carbocycles. The third-order valence-electron chi connectivity index (χ3n) is 4.19. The highest BCUT2D eigenvalue weighted by Gasteiger charge is 2.68. The van der Waals surface area contributed by atoms with E-state index in [9.17, 15) is 4.79 Å². The zero-order valence-corrected chi connectivity index (χ0v) is 14.3. The Kier molecular flexibility index (Phi) is 4.46. The largest absolute Gasteiger partial charge is 0.497 e. The van der Waals surface area contributed by atoms with E-state index in [1.54, 1.807) is 14.0 Å². The minimum absolute atomic E-state index is 0.0787. The van der Waals surface area contributed by atoms with Crippen molar-refractivity contribution < 1.29 is 9.53 Å². The predicted molar refractivity (Wildman–Crippen MR) is 85.9 cm³/mol. The van der Waals surface area contributed by atoms with Gasteiger partial charge < -0.3 is 10.1 Å². The number of alkyl halides is 2. The summed E-state index contributed by atoms with van der Waals surface area (Å²) in [4.78, 5) is 12.4. The first-order valence-electron chi connectivity index (χ1n) is 7.04. The van der Waals surface area contributed by atoms with Crippen LogP contribution in [0.2, 0.25) is 0 Å². The summed E-state index contributed by atoms with van der Waals surface area (Å²) >= 11 is 12.2. The molecule has 0 unspecified atom stereocenters. The van der Waals surface area contributed by atoms with Gasteiger partial charge in [0.1, 0.15) is 10.1 Å². The zero-order valence-electron chi connectivity index (χ0n) is 12.7. The van der Waals surface area contributed by atoms with E-state index in [2.05, 4.69) is 19.2 Å². The van der Waals surface area contributed by atoms with Crippen LogP contribution in [0.1, 0.15) is 38.8 Å². The molecule has 0 aromatic heterocycles. The van der Waals surface area contributed by atoms with Gasteiger partial charge in [-0.15, -0.1) is 23.2 Å². The summed E-state index contributed by atoms with van der Waals surface area (Å²) < 4.78 is 4.21. The molecule has 2 rings (SSSR count). The van der Waals surface area contributed by atoms with Crippen molar-refractivity contribution >= 4 is 29.1 Å². The third kappa shape index (κ3) is 3.14. The molecule has 1 fully saturated rings. The molecule has 1 N–H and O–H groups in total. The number of carbonyl (C=O) groups is 1. The minimum atomic E-state index is -0.946. The first kappa shape index (κ1) is 16.4. The van der Waals surface area contributed by atoms with Crippen LogP contribution in [0, 0.1) is 11.3 Å². The van der Waals surface area contributed by atoms with Gasteiger partial charge in [0.15, 0.2) is 0 Å². The first-order valence-corrected chi connectivity index (χ1v) is 7.79. The average Bonchev–Trinajstić information content (AvgIpc) is 2.96. The molecule has 1 amide bonds. The molecule has 0 saturated heterocycles. The Morgan fingerprint density at radius 1 is 1.29 bits per heavy atom. The topological polar surface area (TPSA) is 38.3 Å². The number of hydrogen-bond acceptors (Lipinski definition) is 2. The Hall–Kier alpha value is -0.930. The second-order valence-electron chi connectivity index (χ2n) is 6.18. The number of carbonyl (C=O) groups excluding carboxylic acids is 1. The lowest BCUT2D eigenvalue weighted by Gasteiger charge is -2.25. The SMILES string of the molecule is COc1ccc([C@@H](NC(=O)[C@@]2(C)CC2(Cl)Cl)C(C)C)cc1. The van der Waals surface area contributed by atoms with Crippen molar-refractivity contribution in [2.45, 2.75) is 37.6 Å². The number of ether oxygens (including phenoxy) is 1. The fourth-order valence-corrected chi connectivity index (χ4v) is 3.10. The molecule has 1 aromatic rings. The van der Waals surface area contributed by atoms with E-state index in [0.717, 1.165) is 11.3 Å². The normalized spacial score (nSPS) is 24.5. The molecule has 21 heavy (non-hydrogen) atoms. The molecular weight excluding hydrogens is 309 g/mol. The van der Waals surface area contributed by atoms with E-state index >= 15 is 0 Å². The van der Waals surface area contributed by atoms with Gasteiger partial charge in [-0.2, -0.15) is 0 Å². The maximum absolute atomic E-state index is 12.4. The van der Waals surface area contributed by atoms with E-state index in [4.69, 9.17) is 27.9 Å². The molecule has 5 heteroatoms. The number of nitrogens with one attached hydrogen (secondary N) is 1. The Morgan fingerprint density at radius 3 is 2.19 bits per heavy atom. The fraction of sp³-hybridized carbons (Fsp3) is 0.562. The monoisotopic (exact) mass is 329 g/mol. The van der Waals surface area contributed by atoms with E-state index in [1.807, 2.05) is 24.3 Å². The number of hydrogen-bond donors (Lipinski definition) is 1. The number of amides is 1. The maximum atomic E-state index is 12.4. The van der Waals surface area contributed by atoms with Crippen molar-refractivity contribution in [2.75, 3.05) is 7.11 Å². The molecule has 1 aromatic carbocycles. The van der Waals surface area contributed by atoms with Gasteiger partial charge >= 0.3 is 0 Å². The molecule has 2 atom stereocenters.